The maximum absolute atomic E-state index is 13.7. The van der Waals surface area contributed by atoms with Gasteiger partial charge in [0.25, 0.3) is 0 Å². The summed E-state index contributed by atoms with van der Waals surface area (Å²) in [5, 5.41) is 2.92. The molecule has 0 saturated heterocycles. The molecule has 2 amide bonds. The Hall–Kier alpha value is -2.94. The number of sulfonamides is 1. The Balaban J connectivity index is 2.44. The van der Waals surface area contributed by atoms with Gasteiger partial charge in [-0.05, 0) is 60.6 Å². The number of rotatable bonds is 11. The number of hydrogen-bond acceptors (Lipinski definition) is 4. The molecule has 0 aromatic heterocycles. The van der Waals surface area contributed by atoms with E-state index >= 15 is 0 Å². The van der Waals surface area contributed by atoms with Gasteiger partial charge in [0.05, 0.1) is 11.9 Å². The molecule has 0 aliphatic rings. The zero-order chi connectivity index (χ0) is 28.0. The Morgan fingerprint density at radius 2 is 1.54 bits per heavy atom. The van der Waals surface area contributed by atoms with Crippen molar-refractivity contribution in [3.63, 3.8) is 0 Å². The minimum absolute atomic E-state index is 0.0338. The normalized spacial score (nSPS) is 13.5. The van der Waals surface area contributed by atoms with E-state index in [1.54, 1.807) is 31.2 Å². The molecule has 0 radical (unpaired) electrons. The van der Waals surface area contributed by atoms with Gasteiger partial charge < -0.3 is 10.2 Å². The number of nitrogens with one attached hydrogen (secondary N) is 1. The fourth-order valence-electron chi connectivity index (χ4n) is 3.89. The third-order valence-corrected chi connectivity index (χ3v) is 7.49. The highest BCUT2D eigenvalue weighted by Gasteiger charge is 2.32. The van der Waals surface area contributed by atoms with Crippen LogP contribution in [0.2, 0.25) is 0 Å². The molecule has 2 rings (SSSR count). The van der Waals surface area contributed by atoms with Gasteiger partial charge in [-0.15, -0.1) is 0 Å². The van der Waals surface area contributed by atoms with Crippen molar-refractivity contribution in [2.45, 2.75) is 78.4 Å². The monoisotopic (exact) mass is 533 g/mol. The Kier molecular flexibility index (Phi) is 10.3. The molecule has 0 aliphatic carbocycles. The summed E-state index contributed by atoms with van der Waals surface area (Å²) in [4.78, 5) is 28.2. The third kappa shape index (κ3) is 8.55. The maximum atomic E-state index is 13.7. The highest BCUT2D eigenvalue weighted by atomic mass is 32.2. The van der Waals surface area contributed by atoms with Crippen molar-refractivity contribution in [3.05, 3.63) is 65.5 Å². The maximum Gasteiger partial charge on any atom is 0.244 e. The smallest absolute Gasteiger partial charge is 0.244 e. The molecule has 2 aromatic rings. The van der Waals surface area contributed by atoms with Crippen LogP contribution in [0.15, 0.2) is 48.5 Å². The SMILES string of the molecule is CCC(C)NC(=O)C(CC)N(Cc1ccc(F)cc1)C(=O)CN(c1ccc(C(C)(C)C)cc1)S(C)(=O)=O. The molecule has 204 valence electrons. The molecule has 0 heterocycles. The van der Waals surface area contributed by atoms with Crippen molar-refractivity contribution in [2.24, 2.45) is 0 Å². The number of carbonyl (C=O) groups excluding carboxylic acids is 2. The first kappa shape index (κ1) is 30.3. The number of benzene rings is 2. The van der Waals surface area contributed by atoms with Gasteiger partial charge in [-0.25, -0.2) is 12.8 Å². The predicted octanol–water partition coefficient (Wildman–Crippen LogP) is 4.61. The molecule has 0 saturated carbocycles. The number of carbonyl (C=O) groups is 2. The molecule has 2 atom stereocenters. The molecule has 0 aliphatic heterocycles. The summed E-state index contributed by atoms with van der Waals surface area (Å²) < 4.78 is 40.1. The van der Waals surface area contributed by atoms with Gasteiger partial charge in [-0.1, -0.05) is 58.9 Å². The number of anilines is 1. The summed E-state index contributed by atoms with van der Waals surface area (Å²) in [7, 11) is -3.81. The van der Waals surface area contributed by atoms with E-state index in [0.29, 0.717) is 17.7 Å². The first-order valence-corrected chi connectivity index (χ1v) is 14.4. The fourth-order valence-corrected chi connectivity index (χ4v) is 4.74. The summed E-state index contributed by atoms with van der Waals surface area (Å²) in [6.45, 7) is 11.4. The van der Waals surface area contributed by atoms with E-state index < -0.39 is 34.3 Å². The average molecular weight is 534 g/mol. The summed E-state index contributed by atoms with van der Waals surface area (Å²) in [5.41, 5.74) is 1.91. The van der Waals surface area contributed by atoms with E-state index in [0.717, 1.165) is 22.5 Å². The van der Waals surface area contributed by atoms with Gasteiger partial charge in [0.2, 0.25) is 21.8 Å². The van der Waals surface area contributed by atoms with Crippen molar-refractivity contribution in [3.8, 4) is 0 Å². The molecule has 1 N–H and O–H groups in total. The molecule has 7 nitrogen and oxygen atoms in total. The largest absolute Gasteiger partial charge is 0.352 e. The fraction of sp³-hybridized carbons (Fsp3) is 0.500. The standard InChI is InChI=1S/C28H40FN3O4S/c1-8-20(3)30-27(34)25(9-2)31(18-21-10-14-23(29)15-11-21)26(33)19-32(37(7,35)36)24-16-12-22(13-17-24)28(4,5)6/h10-17,20,25H,8-9,18-19H2,1-7H3,(H,30,34). The zero-order valence-corrected chi connectivity index (χ0v) is 23.7. The van der Waals surface area contributed by atoms with Crippen LogP contribution in [0, 0.1) is 5.82 Å². The molecular weight excluding hydrogens is 493 g/mol. The van der Waals surface area contributed by atoms with Gasteiger partial charge in [0, 0.05) is 12.6 Å². The van der Waals surface area contributed by atoms with E-state index in [2.05, 4.69) is 26.1 Å². The number of amides is 2. The van der Waals surface area contributed by atoms with Crippen LogP contribution >= 0.6 is 0 Å². The first-order valence-electron chi connectivity index (χ1n) is 12.6. The van der Waals surface area contributed by atoms with Gasteiger partial charge in [-0.3, -0.25) is 13.9 Å². The minimum atomic E-state index is -3.81. The molecule has 0 bridgehead atoms. The van der Waals surface area contributed by atoms with Crippen molar-refractivity contribution < 1.29 is 22.4 Å². The predicted molar refractivity (Wildman–Crippen MR) is 146 cm³/mol. The summed E-state index contributed by atoms with van der Waals surface area (Å²) in [6.07, 6.45) is 2.10. The van der Waals surface area contributed by atoms with Crippen LogP contribution in [0.5, 0.6) is 0 Å². The van der Waals surface area contributed by atoms with Crippen LogP contribution in [0.4, 0.5) is 10.1 Å². The highest BCUT2D eigenvalue weighted by molar-refractivity contribution is 7.92. The molecule has 2 unspecified atom stereocenters. The van der Waals surface area contributed by atoms with Crippen LogP contribution in [0.25, 0.3) is 0 Å². The lowest BCUT2D eigenvalue weighted by Gasteiger charge is -2.33. The topological polar surface area (TPSA) is 86.8 Å². The van der Waals surface area contributed by atoms with E-state index in [1.807, 2.05) is 26.0 Å². The second kappa shape index (κ2) is 12.5. The number of halogens is 1. The molecule has 0 spiro atoms. The second-order valence-electron chi connectivity index (χ2n) is 10.5. The molecule has 37 heavy (non-hydrogen) atoms. The van der Waals surface area contributed by atoms with E-state index in [-0.39, 0.29) is 23.9 Å². The van der Waals surface area contributed by atoms with Crippen molar-refractivity contribution in [2.75, 3.05) is 17.1 Å². The average Bonchev–Trinajstić information content (AvgIpc) is 2.82. The number of hydrogen-bond donors (Lipinski definition) is 1. The van der Waals surface area contributed by atoms with Crippen LogP contribution in [0.1, 0.15) is 65.5 Å². The molecule has 9 heteroatoms. The van der Waals surface area contributed by atoms with E-state index in [1.165, 1.54) is 17.0 Å². The summed E-state index contributed by atoms with van der Waals surface area (Å²) >= 11 is 0. The van der Waals surface area contributed by atoms with Crippen molar-refractivity contribution in [1.82, 2.24) is 10.2 Å². The van der Waals surface area contributed by atoms with Crippen molar-refractivity contribution in [1.29, 1.82) is 0 Å². The molecule has 0 fully saturated rings. The Morgan fingerprint density at radius 1 is 0.973 bits per heavy atom. The second-order valence-corrected chi connectivity index (χ2v) is 12.4. The van der Waals surface area contributed by atoms with E-state index in [9.17, 15) is 22.4 Å². The van der Waals surface area contributed by atoms with E-state index in [4.69, 9.17) is 0 Å². The van der Waals surface area contributed by atoms with Crippen molar-refractivity contribution >= 4 is 27.5 Å². The van der Waals surface area contributed by atoms with Crippen LogP contribution in [0.3, 0.4) is 0 Å². The Labute approximate surface area is 221 Å². The first-order chi connectivity index (χ1) is 17.2. The van der Waals surface area contributed by atoms with Crippen LogP contribution in [-0.4, -0.2) is 50.0 Å². The lowest BCUT2D eigenvalue weighted by atomic mass is 9.87. The Morgan fingerprint density at radius 3 is 2.00 bits per heavy atom. The summed E-state index contributed by atoms with van der Waals surface area (Å²) in [6, 6.07) is 11.8. The zero-order valence-electron chi connectivity index (χ0n) is 22.9. The van der Waals surface area contributed by atoms with Gasteiger partial charge in [-0.2, -0.15) is 0 Å². The lowest BCUT2D eigenvalue weighted by Crippen LogP contribution is -2.53. The van der Waals surface area contributed by atoms with Crippen LogP contribution < -0.4 is 9.62 Å². The van der Waals surface area contributed by atoms with Crippen LogP contribution in [-0.2, 0) is 31.6 Å². The Bertz CT molecular complexity index is 1160. The molecule has 2 aromatic carbocycles. The summed E-state index contributed by atoms with van der Waals surface area (Å²) in [5.74, 6) is -1.25. The minimum Gasteiger partial charge on any atom is -0.352 e. The third-order valence-electron chi connectivity index (χ3n) is 6.35. The highest BCUT2D eigenvalue weighted by Crippen LogP contribution is 2.26. The quantitative estimate of drug-likeness (QED) is 0.457. The van der Waals surface area contributed by atoms with Gasteiger partial charge >= 0.3 is 0 Å². The van der Waals surface area contributed by atoms with Gasteiger partial charge in [0.15, 0.2) is 0 Å². The van der Waals surface area contributed by atoms with Gasteiger partial charge in [0.1, 0.15) is 18.4 Å². The lowest BCUT2D eigenvalue weighted by molar-refractivity contribution is -0.140. The molecular formula is C28H40FN3O4S. The number of nitrogens with zero attached hydrogens (tertiary/aromatic N) is 2.